The van der Waals surface area contributed by atoms with Gasteiger partial charge in [0.25, 0.3) is 0 Å². The minimum atomic E-state index is -0.753. The van der Waals surface area contributed by atoms with Crippen LogP contribution >= 0.6 is 0 Å². The summed E-state index contributed by atoms with van der Waals surface area (Å²) < 4.78 is 9.89. The molecule has 0 aromatic heterocycles. The van der Waals surface area contributed by atoms with Gasteiger partial charge in [0.05, 0.1) is 18.9 Å². The summed E-state index contributed by atoms with van der Waals surface area (Å²) in [7, 11) is 0. The van der Waals surface area contributed by atoms with Crippen molar-refractivity contribution in [2.75, 3.05) is 26.3 Å². The molecule has 1 aliphatic carbocycles. The molecule has 24 heavy (non-hydrogen) atoms. The van der Waals surface area contributed by atoms with Gasteiger partial charge >= 0.3 is 12.2 Å². The summed E-state index contributed by atoms with van der Waals surface area (Å²) in [5, 5.41) is 1.03. The van der Waals surface area contributed by atoms with E-state index in [9.17, 15) is 14.4 Å². The molecule has 0 saturated carbocycles. The molecule has 1 N–H and O–H groups in total. The van der Waals surface area contributed by atoms with Crippen LogP contribution in [0.25, 0.3) is 0 Å². The summed E-state index contributed by atoms with van der Waals surface area (Å²) >= 11 is 0. The Balaban J connectivity index is 2.35. The molecule has 1 fully saturated rings. The molecule has 8 nitrogen and oxygen atoms in total. The summed E-state index contributed by atoms with van der Waals surface area (Å²) in [5.74, 6) is -0.00175. The van der Waals surface area contributed by atoms with E-state index in [1.807, 2.05) is 4.90 Å². The lowest BCUT2D eigenvalue weighted by Gasteiger charge is -2.32. The van der Waals surface area contributed by atoms with Crippen LogP contribution in [0, 0.1) is 0 Å². The summed E-state index contributed by atoms with van der Waals surface area (Å²) in [5.41, 5.74) is 3.41. The van der Waals surface area contributed by atoms with Gasteiger partial charge in [-0.3, -0.25) is 4.79 Å². The zero-order valence-corrected chi connectivity index (χ0v) is 14.3. The standard InChI is InChI=1S/C16H25N3O5/c1-3-23-15(21)17-19(16(22)24-4-2)12-8-7-9-13(20)14(12)18-10-5-6-11-18/h3-11H2,1-2H3,(H,17,21). The number of ketones is 1. The quantitative estimate of drug-likeness (QED) is 0.790. The Bertz CT molecular complexity index is 526. The van der Waals surface area contributed by atoms with Gasteiger partial charge in [0, 0.05) is 19.5 Å². The molecule has 1 aliphatic heterocycles. The fourth-order valence-corrected chi connectivity index (χ4v) is 3.00. The molecule has 0 spiro atoms. The molecule has 0 radical (unpaired) electrons. The zero-order valence-electron chi connectivity index (χ0n) is 14.3. The van der Waals surface area contributed by atoms with Crippen LogP contribution in [-0.4, -0.2) is 54.2 Å². The van der Waals surface area contributed by atoms with Gasteiger partial charge < -0.3 is 14.4 Å². The highest BCUT2D eigenvalue weighted by atomic mass is 16.6. The molecule has 0 unspecified atom stereocenters. The van der Waals surface area contributed by atoms with Gasteiger partial charge in [0.2, 0.25) is 0 Å². The average Bonchev–Trinajstić information content (AvgIpc) is 3.07. The van der Waals surface area contributed by atoms with E-state index < -0.39 is 12.2 Å². The molecule has 1 saturated heterocycles. The molecule has 2 aliphatic rings. The van der Waals surface area contributed by atoms with Crippen LogP contribution in [-0.2, 0) is 14.3 Å². The maximum Gasteiger partial charge on any atom is 0.433 e. The number of hydrazine groups is 1. The number of carbonyl (C=O) groups is 3. The van der Waals surface area contributed by atoms with Crippen molar-refractivity contribution in [1.82, 2.24) is 15.3 Å². The number of nitrogens with zero attached hydrogens (tertiary/aromatic N) is 2. The van der Waals surface area contributed by atoms with Crippen molar-refractivity contribution < 1.29 is 23.9 Å². The highest BCUT2D eigenvalue weighted by molar-refractivity contribution is 5.97. The highest BCUT2D eigenvalue weighted by Gasteiger charge is 2.34. The lowest BCUT2D eigenvalue weighted by Crippen LogP contribution is -2.48. The third kappa shape index (κ3) is 4.18. The largest absolute Gasteiger partial charge is 0.449 e. The van der Waals surface area contributed by atoms with E-state index in [4.69, 9.17) is 9.47 Å². The maximum absolute atomic E-state index is 12.5. The third-order valence-electron chi connectivity index (χ3n) is 3.98. The Morgan fingerprint density at radius 2 is 1.75 bits per heavy atom. The third-order valence-corrected chi connectivity index (χ3v) is 3.98. The Morgan fingerprint density at radius 1 is 1.08 bits per heavy atom. The lowest BCUT2D eigenvalue weighted by molar-refractivity contribution is -0.117. The van der Waals surface area contributed by atoms with Crippen molar-refractivity contribution in [3.05, 3.63) is 11.4 Å². The molecular weight excluding hydrogens is 314 g/mol. The Hall–Kier alpha value is -2.25. The molecule has 0 aromatic carbocycles. The Kier molecular flexibility index (Phi) is 6.45. The molecule has 2 amide bonds. The topological polar surface area (TPSA) is 88.2 Å². The molecule has 134 valence electrons. The van der Waals surface area contributed by atoms with E-state index in [2.05, 4.69) is 5.43 Å². The predicted molar refractivity (Wildman–Crippen MR) is 85.7 cm³/mol. The number of hydrogen-bond donors (Lipinski definition) is 1. The van der Waals surface area contributed by atoms with Crippen molar-refractivity contribution in [1.29, 1.82) is 0 Å². The fourth-order valence-electron chi connectivity index (χ4n) is 3.00. The van der Waals surface area contributed by atoms with Gasteiger partial charge in [-0.15, -0.1) is 0 Å². The summed E-state index contributed by atoms with van der Waals surface area (Å²) in [6.45, 7) is 5.26. The van der Waals surface area contributed by atoms with Gasteiger partial charge in [-0.1, -0.05) is 0 Å². The van der Waals surface area contributed by atoms with Crippen LogP contribution in [0.3, 0.4) is 0 Å². The van der Waals surface area contributed by atoms with E-state index in [0.29, 0.717) is 30.7 Å². The summed E-state index contributed by atoms with van der Waals surface area (Å²) in [6.07, 6.45) is 2.15. The van der Waals surface area contributed by atoms with Crippen LogP contribution < -0.4 is 5.43 Å². The van der Waals surface area contributed by atoms with Crippen molar-refractivity contribution in [3.8, 4) is 0 Å². The number of rotatable bonds is 4. The molecule has 2 rings (SSSR count). The maximum atomic E-state index is 12.5. The SMILES string of the molecule is CCOC(=O)NN(C(=O)OCC)C1=C(N2CCCC2)C(=O)CCC1. The van der Waals surface area contributed by atoms with E-state index in [-0.39, 0.29) is 19.0 Å². The van der Waals surface area contributed by atoms with Crippen molar-refractivity contribution >= 4 is 18.0 Å². The molecule has 0 bridgehead atoms. The number of allylic oxidation sites excluding steroid dienone is 2. The summed E-state index contributed by atoms with van der Waals surface area (Å²) in [4.78, 5) is 38.6. The Morgan fingerprint density at radius 3 is 2.38 bits per heavy atom. The first-order valence-electron chi connectivity index (χ1n) is 8.50. The number of ether oxygens (including phenoxy) is 2. The summed E-state index contributed by atoms with van der Waals surface area (Å²) in [6, 6.07) is 0. The Labute approximate surface area is 141 Å². The molecular formula is C16H25N3O5. The molecule has 1 heterocycles. The first-order chi connectivity index (χ1) is 11.6. The molecule has 8 heteroatoms. The van der Waals surface area contributed by atoms with Crippen LogP contribution in [0.4, 0.5) is 9.59 Å². The second kappa shape index (κ2) is 8.56. The van der Waals surface area contributed by atoms with Crippen molar-refractivity contribution in [2.24, 2.45) is 0 Å². The van der Waals surface area contributed by atoms with Crippen molar-refractivity contribution in [2.45, 2.75) is 46.0 Å². The van der Waals surface area contributed by atoms with Gasteiger partial charge in [-0.05, 0) is 39.5 Å². The zero-order chi connectivity index (χ0) is 17.5. The first-order valence-corrected chi connectivity index (χ1v) is 8.50. The second-order valence-electron chi connectivity index (χ2n) is 5.63. The van der Waals surface area contributed by atoms with Crippen LogP contribution in [0.5, 0.6) is 0 Å². The number of hydrogen-bond acceptors (Lipinski definition) is 6. The smallest absolute Gasteiger partial charge is 0.433 e. The second-order valence-corrected chi connectivity index (χ2v) is 5.63. The van der Waals surface area contributed by atoms with Gasteiger partial charge in [0.15, 0.2) is 5.78 Å². The minimum Gasteiger partial charge on any atom is -0.449 e. The van der Waals surface area contributed by atoms with Crippen LogP contribution in [0.15, 0.2) is 11.4 Å². The number of likely N-dealkylation sites (tertiary alicyclic amines) is 1. The van der Waals surface area contributed by atoms with E-state index >= 15 is 0 Å². The van der Waals surface area contributed by atoms with E-state index in [1.54, 1.807) is 13.8 Å². The monoisotopic (exact) mass is 339 g/mol. The fraction of sp³-hybridized carbons (Fsp3) is 0.688. The van der Waals surface area contributed by atoms with Crippen molar-refractivity contribution in [3.63, 3.8) is 0 Å². The predicted octanol–water partition coefficient (Wildman–Crippen LogP) is 2.17. The normalized spacial score (nSPS) is 17.8. The van der Waals surface area contributed by atoms with Gasteiger partial charge in [-0.25, -0.2) is 15.0 Å². The van der Waals surface area contributed by atoms with E-state index in [1.165, 1.54) is 0 Å². The van der Waals surface area contributed by atoms with Gasteiger partial charge in [-0.2, -0.15) is 5.01 Å². The number of amides is 2. The molecule has 0 atom stereocenters. The first kappa shape index (κ1) is 18.1. The number of Topliss-reactive ketones (excluding diaryl/α,β-unsaturated/α-hetero) is 1. The minimum absolute atomic E-state index is 0.00175. The highest BCUT2D eigenvalue weighted by Crippen LogP contribution is 2.29. The average molecular weight is 339 g/mol. The number of nitrogens with one attached hydrogen (secondary N) is 1. The number of carbonyl (C=O) groups excluding carboxylic acids is 3. The van der Waals surface area contributed by atoms with E-state index in [0.717, 1.165) is 30.9 Å². The van der Waals surface area contributed by atoms with Crippen LogP contribution in [0.1, 0.15) is 46.0 Å². The molecule has 0 aromatic rings. The lowest BCUT2D eigenvalue weighted by atomic mass is 9.98. The van der Waals surface area contributed by atoms with Gasteiger partial charge in [0.1, 0.15) is 5.70 Å². The van der Waals surface area contributed by atoms with Crippen LogP contribution in [0.2, 0.25) is 0 Å².